The molecule has 0 aliphatic carbocycles. The van der Waals surface area contributed by atoms with Gasteiger partial charge in [-0.3, -0.25) is 4.79 Å². The van der Waals surface area contributed by atoms with Crippen LogP contribution in [0.3, 0.4) is 0 Å². The molecule has 15 heavy (non-hydrogen) atoms. The number of nitrogens with two attached hydrogens (primary N) is 1. The summed E-state index contributed by atoms with van der Waals surface area (Å²) < 4.78 is 5.39. The smallest absolute Gasteiger partial charge is 0.240 e. The van der Waals surface area contributed by atoms with Gasteiger partial charge in [0.05, 0.1) is 18.8 Å². The lowest BCUT2D eigenvalue weighted by Crippen LogP contribution is -2.54. The van der Waals surface area contributed by atoms with Gasteiger partial charge in [0.25, 0.3) is 0 Å². The summed E-state index contributed by atoms with van der Waals surface area (Å²) in [5.74, 6) is 0.0395. The van der Waals surface area contributed by atoms with Gasteiger partial charge in [-0.15, -0.1) is 0 Å². The molecule has 4 heteroatoms. The highest BCUT2D eigenvalue weighted by atomic mass is 16.5. The summed E-state index contributed by atoms with van der Waals surface area (Å²) >= 11 is 0. The Balaban J connectivity index is 2.60. The molecule has 2 N–H and O–H groups in total. The third-order valence-electron chi connectivity index (χ3n) is 2.75. The van der Waals surface area contributed by atoms with Crippen molar-refractivity contribution in [3.05, 3.63) is 0 Å². The minimum absolute atomic E-state index is 0.0395. The van der Waals surface area contributed by atoms with Crippen molar-refractivity contribution in [3.8, 4) is 0 Å². The van der Waals surface area contributed by atoms with E-state index in [0.29, 0.717) is 19.7 Å². The molecule has 1 aliphatic heterocycles. The highest BCUT2D eigenvalue weighted by Gasteiger charge is 2.32. The predicted molar refractivity (Wildman–Crippen MR) is 59.4 cm³/mol. The molecular weight excluding hydrogens is 192 g/mol. The van der Waals surface area contributed by atoms with E-state index in [0.717, 1.165) is 0 Å². The Labute approximate surface area is 91.8 Å². The van der Waals surface area contributed by atoms with E-state index in [1.54, 1.807) is 0 Å². The molecule has 0 saturated carbocycles. The van der Waals surface area contributed by atoms with E-state index in [2.05, 4.69) is 0 Å². The Hall–Kier alpha value is -0.610. The molecule has 0 spiro atoms. The zero-order valence-electron chi connectivity index (χ0n) is 10.1. The number of hydrogen-bond donors (Lipinski definition) is 1. The number of amides is 1. The van der Waals surface area contributed by atoms with Crippen molar-refractivity contribution in [1.82, 2.24) is 4.90 Å². The number of ether oxygens (including phenoxy) is 1. The van der Waals surface area contributed by atoms with Crippen molar-refractivity contribution in [2.75, 3.05) is 19.7 Å². The van der Waals surface area contributed by atoms with Crippen molar-refractivity contribution in [3.63, 3.8) is 0 Å². The zero-order valence-corrected chi connectivity index (χ0v) is 10.1. The lowest BCUT2D eigenvalue weighted by molar-refractivity contribution is -0.141. The maximum Gasteiger partial charge on any atom is 0.240 e. The first-order valence-electron chi connectivity index (χ1n) is 5.48. The van der Waals surface area contributed by atoms with Crippen LogP contribution in [0.4, 0.5) is 0 Å². The monoisotopic (exact) mass is 214 g/mol. The molecule has 0 radical (unpaired) electrons. The van der Waals surface area contributed by atoms with E-state index < -0.39 is 6.04 Å². The minimum atomic E-state index is -0.428. The van der Waals surface area contributed by atoms with Gasteiger partial charge in [0.15, 0.2) is 0 Å². The number of hydrogen-bond acceptors (Lipinski definition) is 3. The molecule has 0 bridgehead atoms. The Bertz CT molecular complexity index is 235. The number of nitrogens with zero attached hydrogens (tertiary/aromatic N) is 1. The summed E-state index contributed by atoms with van der Waals surface area (Å²) in [5, 5.41) is 0. The van der Waals surface area contributed by atoms with E-state index in [1.807, 2.05) is 32.6 Å². The summed E-state index contributed by atoms with van der Waals surface area (Å²) in [7, 11) is 0. The second kappa shape index (κ2) is 4.49. The Morgan fingerprint density at radius 1 is 1.53 bits per heavy atom. The third kappa shape index (κ3) is 3.18. The number of carbonyl (C=O) groups excluding carboxylic acids is 1. The third-order valence-corrected chi connectivity index (χ3v) is 2.75. The second-order valence-corrected chi connectivity index (χ2v) is 5.31. The van der Waals surface area contributed by atoms with Crippen LogP contribution >= 0.6 is 0 Å². The van der Waals surface area contributed by atoms with Gasteiger partial charge in [0, 0.05) is 13.1 Å². The molecule has 1 heterocycles. The van der Waals surface area contributed by atoms with Crippen LogP contribution in [-0.2, 0) is 9.53 Å². The quantitative estimate of drug-likeness (QED) is 0.695. The maximum atomic E-state index is 12.0. The molecule has 0 aromatic heterocycles. The Morgan fingerprint density at radius 3 is 2.60 bits per heavy atom. The molecule has 1 rings (SSSR count). The topological polar surface area (TPSA) is 55.6 Å². The average Bonchev–Trinajstić information content (AvgIpc) is 2.14. The normalized spacial score (nSPS) is 25.1. The van der Waals surface area contributed by atoms with Crippen molar-refractivity contribution in [2.45, 2.75) is 39.8 Å². The van der Waals surface area contributed by atoms with Crippen LogP contribution in [0.5, 0.6) is 0 Å². The standard InChI is InChI=1S/C11H22N2O2/c1-8-7-13(5-6-15-8)10(14)9(12)11(2,3)4/h8-9H,5-7,12H2,1-4H3/t8?,9-/m0/s1. The minimum Gasteiger partial charge on any atom is -0.375 e. The molecule has 0 aromatic carbocycles. The molecule has 1 unspecified atom stereocenters. The van der Waals surface area contributed by atoms with Crippen LogP contribution in [0.25, 0.3) is 0 Å². The maximum absolute atomic E-state index is 12.0. The van der Waals surface area contributed by atoms with E-state index in [4.69, 9.17) is 10.5 Å². The van der Waals surface area contributed by atoms with Gasteiger partial charge < -0.3 is 15.4 Å². The fourth-order valence-corrected chi connectivity index (χ4v) is 1.59. The first-order chi connectivity index (χ1) is 6.82. The van der Waals surface area contributed by atoms with Gasteiger partial charge in [-0.25, -0.2) is 0 Å². The van der Waals surface area contributed by atoms with Gasteiger partial charge in [-0.05, 0) is 12.3 Å². The fourth-order valence-electron chi connectivity index (χ4n) is 1.59. The molecule has 0 aromatic rings. The van der Waals surface area contributed by atoms with Gasteiger partial charge in [-0.2, -0.15) is 0 Å². The summed E-state index contributed by atoms with van der Waals surface area (Å²) in [4.78, 5) is 13.8. The van der Waals surface area contributed by atoms with Crippen LogP contribution in [-0.4, -0.2) is 42.6 Å². The molecule has 1 amide bonds. The first-order valence-corrected chi connectivity index (χ1v) is 5.48. The van der Waals surface area contributed by atoms with E-state index >= 15 is 0 Å². The van der Waals surface area contributed by atoms with Gasteiger partial charge in [0.2, 0.25) is 5.91 Å². The van der Waals surface area contributed by atoms with E-state index in [-0.39, 0.29) is 17.4 Å². The SMILES string of the molecule is CC1CN(C(=O)[C@H](N)C(C)(C)C)CCO1. The molecular formula is C11H22N2O2. The number of morpholine rings is 1. The van der Waals surface area contributed by atoms with Crippen molar-refractivity contribution >= 4 is 5.91 Å². The second-order valence-electron chi connectivity index (χ2n) is 5.31. The van der Waals surface area contributed by atoms with Crippen LogP contribution in [0.1, 0.15) is 27.7 Å². The number of rotatable bonds is 1. The van der Waals surface area contributed by atoms with Crippen molar-refractivity contribution in [1.29, 1.82) is 0 Å². The molecule has 4 nitrogen and oxygen atoms in total. The fraction of sp³-hybridized carbons (Fsp3) is 0.909. The summed E-state index contributed by atoms with van der Waals surface area (Å²) in [6.07, 6.45) is 0.120. The van der Waals surface area contributed by atoms with E-state index in [1.165, 1.54) is 0 Å². The summed E-state index contributed by atoms with van der Waals surface area (Å²) in [6.45, 7) is 9.86. The van der Waals surface area contributed by atoms with Gasteiger partial charge in [0.1, 0.15) is 0 Å². The van der Waals surface area contributed by atoms with E-state index in [9.17, 15) is 4.79 Å². The van der Waals surface area contributed by atoms with Gasteiger partial charge >= 0.3 is 0 Å². The molecule has 1 fully saturated rings. The highest BCUT2D eigenvalue weighted by molar-refractivity contribution is 5.82. The molecule has 1 saturated heterocycles. The average molecular weight is 214 g/mol. The molecule has 2 atom stereocenters. The summed E-state index contributed by atoms with van der Waals surface area (Å²) in [5.41, 5.74) is 5.76. The van der Waals surface area contributed by atoms with Crippen LogP contribution in [0.15, 0.2) is 0 Å². The Morgan fingerprint density at radius 2 is 2.13 bits per heavy atom. The lowest BCUT2D eigenvalue weighted by atomic mass is 9.86. The predicted octanol–water partition coefficient (Wildman–Crippen LogP) is 0.607. The number of carbonyl (C=O) groups is 1. The first kappa shape index (κ1) is 12.5. The van der Waals surface area contributed by atoms with Gasteiger partial charge in [-0.1, -0.05) is 20.8 Å². The van der Waals surface area contributed by atoms with Crippen molar-refractivity contribution in [2.24, 2.45) is 11.1 Å². The van der Waals surface area contributed by atoms with Crippen molar-refractivity contribution < 1.29 is 9.53 Å². The van der Waals surface area contributed by atoms with Crippen LogP contribution in [0.2, 0.25) is 0 Å². The summed E-state index contributed by atoms with van der Waals surface area (Å²) in [6, 6.07) is -0.428. The molecule has 88 valence electrons. The van der Waals surface area contributed by atoms with Crippen LogP contribution in [0, 0.1) is 5.41 Å². The van der Waals surface area contributed by atoms with Crippen LogP contribution < -0.4 is 5.73 Å². The lowest BCUT2D eigenvalue weighted by Gasteiger charge is -2.36. The highest BCUT2D eigenvalue weighted by Crippen LogP contribution is 2.20. The Kier molecular flexibility index (Phi) is 3.73. The largest absolute Gasteiger partial charge is 0.375 e. The zero-order chi connectivity index (χ0) is 11.6. The molecule has 1 aliphatic rings.